The molecule has 118 valence electrons. The molecular formula is C17H24N4O. The topological polar surface area (TPSA) is 50.2 Å². The van der Waals surface area contributed by atoms with Crippen LogP contribution in [0.2, 0.25) is 0 Å². The fraction of sp³-hybridized carbons (Fsp3) is 0.412. The van der Waals surface area contributed by atoms with Crippen LogP contribution < -0.4 is 5.32 Å². The Balaban J connectivity index is 2.03. The van der Waals surface area contributed by atoms with Crippen molar-refractivity contribution in [1.82, 2.24) is 14.7 Å². The second-order valence-electron chi connectivity index (χ2n) is 6.38. The number of aryl methyl sites for hydroxylation is 2. The lowest BCUT2D eigenvalue weighted by molar-refractivity contribution is 0.212. The summed E-state index contributed by atoms with van der Waals surface area (Å²) in [6, 6.07) is 10.1. The van der Waals surface area contributed by atoms with E-state index in [9.17, 15) is 4.79 Å². The number of carbonyl (C=O) groups excluding carboxylic acids is 1. The van der Waals surface area contributed by atoms with Gasteiger partial charge in [-0.25, -0.2) is 4.79 Å². The van der Waals surface area contributed by atoms with Crippen molar-refractivity contribution >= 4 is 11.8 Å². The van der Waals surface area contributed by atoms with Crippen LogP contribution in [0.25, 0.3) is 0 Å². The van der Waals surface area contributed by atoms with Crippen LogP contribution in [-0.4, -0.2) is 34.3 Å². The van der Waals surface area contributed by atoms with Gasteiger partial charge in [0.1, 0.15) is 5.82 Å². The Hall–Kier alpha value is -2.30. The highest BCUT2D eigenvalue weighted by Gasteiger charge is 2.25. The fourth-order valence-corrected chi connectivity index (χ4v) is 2.46. The first kappa shape index (κ1) is 16.1. The lowest BCUT2D eigenvalue weighted by Gasteiger charge is -2.31. The number of nitrogens with one attached hydrogen (secondary N) is 1. The van der Waals surface area contributed by atoms with Crippen molar-refractivity contribution < 1.29 is 4.79 Å². The van der Waals surface area contributed by atoms with Crippen LogP contribution in [0.4, 0.5) is 10.6 Å². The van der Waals surface area contributed by atoms with Gasteiger partial charge in [-0.1, -0.05) is 43.7 Å². The molecule has 1 N–H and O–H groups in total. The number of nitrogens with zero attached hydrogens (tertiary/aromatic N) is 3. The Labute approximate surface area is 131 Å². The van der Waals surface area contributed by atoms with Crippen molar-refractivity contribution in [1.29, 1.82) is 0 Å². The van der Waals surface area contributed by atoms with Crippen LogP contribution in [0.1, 0.15) is 25.0 Å². The summed E-state index contributed by atoms with van der Waals surface area (Å²) in [4.78, 5) is 14.0. The molecule has 0 saturated carbocycles. The van der Waals surface area contributed by atoms with E-state index in [0.29, 0.717) is 12.4 Å². The van der Waals surface area contributed by atoms with E-state index in [4.69, 9.17) is 0 Å². The number of amides is 2. The average molecular weight is 300 g/mol. The largest absolute Gasteiger partial charge is 0.327 e. The highest BCUT2D eigenvalue weighted by atomic mass is 16.2. The van der Waals surface area contributed by atoms with E-state index in [1.807, 2.05) is 7.05 Å². The van der Waals surface area contributed by atoms with Crippen LogP contribution in [0, 0.1) is 6.92 Å². The zero-order valence-electron chi connectivity index (χ0n) is 13.9. The van der Waals surface area contributed by atoms with Crippen molar-refractivity contribution in [2.75, 3.05) is 18.9 Å². The molecule has 5 heteroatoms. The molecule has 0 atom stereocenters. The monoisotopic (exact) mass is 300 g/mol. The molecule has 1 aromatic heterocycles. The Bertz CT molecular complexity index is 643. The second-order valence-corrected chi connectivity index (χ2v) is 6.38. The number of rotatable bonds is 4. The molecule has 2 aromatic rings. The molecular weight excluding hydrogens is 276 g/mol. The normalized spacial score (nSPS) is 11.3. The van der Waals surface area contributed by atoms with Gasteiger partial charge in [-0.2, -0.15) is 5.10 Å². The van der Waals surface area contributed by atoms with Gasteiger partial charge in [0.2, 0.25) is 0 Å². The van der Waals surface area contributed by atoms with Gasteiger partial charge in [0.15, 0.2) is 0 Å². The minimum Gasteiger partial charge on any atom is -0.327 e. The summed E-state index contributed by atoms with van der Waals surface area (Å²) in [7, 11) is 3.60. The molecule has 1 aromatic carbocycles. The molecule has 0 saturated heterocycles. The lowest BCUT2D eigenvalue weighted by Crippen LogP contribution is -2.40. The minimum absolute atomic E-state index is 0.119. The Morgan fingerprint density at radius 3 is 2.45 bits per heavy atom. The third-order valence-corrected chi connectivity index (χ3v) is 3.87. The first-order valence-corrected chi connectivity index (χ1v) is 7.37. The maximum Gasteiger partial charge on any atom is 0.322 e. The van der Waals surface area contributed by atoms with Gasteiger partial charge in [0.25, 0.3) is 0 Å². The molecule has 2 rings (SSSR count). The van der Waals surface area contributed by atoms with E-state index >= 15 is 0 Å². The standard InChI is InChI=1S/C17H24N4O/c1-13-6-8-14(9-7-13)17(2,3)12-20(4)16(22)19-15-10-11-18-21(15)5/h6-11H,12H2,1-5H3,(H,19,22). The SMILES string of the molecule is Cc1ccc(C(C)(C)CN(C)C(=O)Nc2ccnn2C)cc1. The van der Waals surface area contributed by atoms with Gasteiger partial charge in [-0.05, 0) is 12.5 Å². The molecule has 0 radical (unpaired) electrons. The molecule has 5 nitrogen and oxygen atoms in total. The number of likely N-dealkylation sites (N-methyl/N-ethyl adjacent to an activating group) is 1. The maximum atomic E-state index is 12.3. The predicted octanol–water partition coefficient (Wildman–Crippen LogP) is 3.17. The third kappa shape index (κ3) is 3.67. The van der Waals surface area contributed by atoms with Gasteiger partial charge < -0.3 is 4.90 Å². The zero-order chi connectivity index (χ0) is 16.3. The summed E-state index contributed by atoms with van der Waals surface area (Å²) < 4.78 is 1.64. The lowest BCUT2D eigenvalue weighted by atomic mass is 9.84. The molecule has 1 heterocycles. The van der Waals surface area contributed by atoms with E-state index in [1.165, 1.54) is 11.1 Å². The average Bonchev–Trinajstić information content (AvgIpc) is 2.84. The minimum atomic E-state index is -0.135. The first-order valence-electron chi connectivity index (χ1n) is 7.37. The van der Waals surface area contributed by atoms with Gasteiger partial charge in [0.05, 0.1) is 6.20 Å². The van der Waals surface area contributed by atoms with Crippen molar-refractivity contribution in [2.45, 2.75) is 26.2 Å². The molecule has 2 amide bonds. The van der Waals surface area contributed by atoms with Crippen molar-refractivity contribution in [2.24, 2.45) is 7.05 Å². The zero-order valence-corrected chi connectivity index (χ0v) is 13.9. The van der Waals surface area contributed by atoms with Gasteiger partial charge in [-0.3, -0.25) is 10.00 Å². The number of aromatic nitrogens is 2. The molecule has 0 fully saturated rings. The second kappa shape index (κ2) is 6.22. The van der Waals surface area contributed by atoms with Crippen LogP contribution in [0.5, 0.6) is 0 Å². The van der Waals surface area contributed by atoms with E-state index in [2.05, 4.69) is 55.5 Å². The van der Waals surface area contributed by atoms with Crippen LogP contribution in [-0.2, 0) is 12.5 Å². The number of anilines is 1. The number of hydrogen-bond donors (Lipinski definition) is 1. The van der Waals surface area contributed by atoms with E-state index in [1.54, 1.807) is 28.9 Å². The first-order chi connectivity index (χ1) is 10.3. The van der Waals surface area contributed by atoms with E-state index < -0.39 is 0 Å². The molecule has 0 aliphatic carbocycles. The summed E-state index contributed by atoms with van der Waals surface area (Å²) in [5.41, 5.74) is 2.34. The Kier molecular flexibility index (Phi) is 4.54. The number of hydrogen-bond acceptors (Lipinski definition) is 2. The van der Waals surface area contributed by atoms with Gasteiger partial charge >= 0.3 is 6.03 Å². The summed E-state index contributed by atoms with van der Waals surface area (Å²) in [6.45, 7) is 6.99. The highest BCUT2D eigenvalue weighted by Crippen LogP contribution is 2.24. The number of carbonyl (C=O) groups is 1. The smallest absolute Gasteiger partial charge is 0.322 e. The van der Waals surface area contributed by atoms with Crippen molar-refractivity contribution in [3.63, 3.8) is 0 Å². The maximum absolute atomic E-state index is 12.3. The summed E-state index contributed by atoms with van der Waals surface area (Å²) >= 11 is 0. The quantitative estimate of drug-likeness (QED) is 0.943. The predicted molar refractivity (Wildman–Crippen MR) is 89.1 cm³/mol. The van der Waals surface area contributed by atoms with E-state index in [0.717, 1.165) is 0 Å². The number of urea groups is 1. The molecule has 0 aliphatic rings. The molecule has 0 bridgehead atoms. The summed E-state index contributed by atoms with van der Waals surface area (Å²) in [5.74, 6) is 0.685. The van der Waals surface area contributed by atoms with Crippen LogP contribution in [0.15, 0.2) is 36.5 Å². The molecule has 0 spiro atoms. The number of benzene rings is 1. The molecule has 22 heavy (non-hydrogen) atoms. The molecule has 0 unspecified atom stereocenters. The Morgan fingerprint density at radius 1 is 1.27 bits per heavy atom. The van der Waals surface area contributed by atoms with Gasteiger partial charge in [-0.15, -0.1) is 0 Å². The molecule has 0 aliphatic heterocycles. The third-order valence-electron chi connectivity index (χ3n) is 3.87. The summed E-state index contributed by atoms with van der Waals surface area (Å²) in [5, 5.41) is 6.90. The van der Waals surface area contributed by atoms with Crippen molar-refractivity contribution in [3.05, 3.63) is 47.7 Å². The van der Waals surface area contributed by atoms with Crippen LogP contribution >= 0.6 is 0 Å². The van der Waals surface area contributed by atoms with E-state index in [-0.39, 0.29) is 11.4 Å². The van der Waals surface area contributed by atoms with Crippen LogP contribution in [0.3, 0.4) is 0 Å². The fourth-order valence-electron chi connectivity index (χ4n) is 2.46. The van der Waals surface area contributed by atoms with Crippen molar-refractivity contribution in [3.8, 4) is 0 Å². The Morgan fingerprint density at radius 2 is 1.91 bits per heavy atom. The highest BCUT2D eigenvalue weighted by molar-refractivity contribution is 5.88. The summed E-state index contributed by atoms with van der Waals surface area (Å²) in [6.07, 6.45) is 1.66. The van der Waals surface area contributed by atoms with Gasteiger partial charge in [0, 0.05) is 32.1 Å².